The van der Waals surface area contributed by atoms with Gasteiger partial charge < -0.3 is 10.8 Å². The van der Waals surface area contributed by atoms with Crippen LogP contribution < -0.4 is 5.73 Å². The van der Waals surface area contributed by atoms with Crippen molar-refractivity contribution in [3.63, 3.8) is 0 Å². The number of nitrogens with zero attached hydrogens (tertiary/aromatic N) is 1. The van der Waals surface area contributed by atoms with Gasteiger partial charge in [-0.15, -0.1) is 0 Å². The fraction of sp³-hybridized carbons (Fsp3) is 0.133. The largest absolute Gasteiger partial charge is 0.480 e. The third kappa shape index (κ3) is 4.06. The summed E-state index contributed by atoms with van der Waals surface area (Å²) in [5.41, 5.74) is 6.43. The molecule has 0 aliphatic rings. The summed E-state index contributed by atoms with van der Waals surface area (Å²) in [6.45, 7) is 0. The van der Waals surface area contributed by atoms with Crippen molar-refractivity contribution in [3.05, 3.63) is 59.8 Å². The van der Waals surface area contributed by atoms with Crippen LogP contribution in [0.1, 0.15) is 15.9 Å². The van der Waals surface area contributed by atoms with Gasteiger partial charge in [0.1, 0.15) is 10.3 Å². The molecule has 1 amide bonds. The van der Waals surface area contributed by atoms with E-state index in [1.807, 2.05) is 30.3 Å². The molecule has 0 radical (unpaired) electrons. The second-order valence-corrected chi connectivity index (χ2v) is 5.55. The first-order chi connectivity index (χ1) is 10.1. The first-order valence-electron chi connectivity index (χ1n) is 6.26. The van der Waals surface area contributed by atoms with Crippen LogP contribution >= 0.6 is 11.8 Å². The van der Waals surface area contributed by atoms with E-state index in [0.29, 0.717) is 11.4 Å². The van der Waals surface area contributed by atoms with Crippen molar-refractivity contribution in [3.8, 4) is 0 Å². The maximum atomic E-state index is 11.4. The molecule has 3 N–H and O–H groups in total. The van der Waals surface area contributed by atoms with Gasteiger partial charge >= 0.3 is 5.97 Å². The van der Waals surface area contributed by atoms with Gasteiger partial charge in [-0.05, 0) is 24.1 Å². The van der Waals surface area contributed by atoms with Gasteiger partial charge in [0.15, 0.2) is 0 Å². The van der Waals surface area contributed by atoms with Gasteiger partial charge in [-0.2, -0.15) is 0 Å². The van der Waals surface area contributed by atoms with Gasteiger partial charge in [-0.1, -0.05) is 42.1 Å². The number of pyridine rings is 1. The van der Waals surface area contributed by atoms with Crippen molar-refractivity contribution in [2.45, 2.75) is 16.7 Å². The molecule has 0 aliphatic carbocycles. The number of carbonyl (C=O) groups is 2. The summed E-state index contributed by atoms with van der Waals surface area (Å²) < 4.78 is 0. The standard InChI is InChI=1S/C15H14N2O3S/c16-13(18)11-7-4-8-17-14(11)21-12(15(19)20)9-10-5-2-1-3-6-10/h1-8,12H,9H2,(H2,16,18)(H,19,20). The molecule has 1 atom stereocenters. The molecule has 108 valence electrons. The van der Waals surface area contributed by atoms with Gasteiger partial charge in [0.2, 0.25) is 0 Å². The first kappa shape index (κ1) is 15.1. The molecule has 5 nitrogen and oxygen atoms in total. The summed E-state index contributed by atoms with van der Waals surface area (Å²) in [6, 6.07) is 12.4. The molecular weight excluding hydrogens is 288 g/mol. The highest BCUT2D eigenvalue weighted by Crippen LogP contribution is 2.27. The molecule has 1 unspecified atom stereocenters. The first-order valence-corrected chi connectivity index (χ1v) is 7.14. The lowest BCUT2D eigenvalue weighted by atomic mass is 10.1. The van der Waals surface area contributed by atoms with Gasteiger partial charge in [-0.25, -0.2) is 4.98 Å². The predicted molar refractivity (Wildman–Crippen MR) is 80.2 cm³/mol. The molecular formula is C15H14N2O3S. The number of amides is 1. The summed E-state index contributed by atoms with van der Waals surface area (Å²) in [7, 11) is 0. The number of benzene rings is 1. The Labute approximate surface area is 126 Å². The van der Waals surface area contributed by atoms with E-state index in [2.05, 4.69) is 4.98 Å². The van der Waals surface area contributed by atoms with Crippen molar-refractivity contribution < 1.29 is 14.7 Å². The molecule has 0 bridgehead atoms. The number of aliphatic carboxylic acids is 1. The highest BCUT2D eigenvalue weighted by Gasteiger charge is 2.22. The average Bonchev–Trinajstić information content (AvgIpc) is 2.48. The molecule has 1 heterocycles. The zero-order chi connectivity index (χ0) is 15.2. The normalized spacial score (nSPS) is 11.8. The summed E-state index contributed by atoms with van der Waals surface area (Å²) in [6.07, 6.45) is 1.85. The number of primary amides is 1. The Morgan fingerprint density at radius 3 is 2.52 bits per heavy atom. The number of carboxylic acids is 1. The molecule has 2 rings (SSSR count). The Bertz CT molecular complexity index is 646. The monoisotopic (exact) mass is 302 g/mol. The van der Waals surface area contributed by atoms with Crippen LogP contribution in [0.2, 0.25) is 0 Å². The molecule has 1 aromatic heterocycles. The van der Waals surface area contributed by atoms with E-state index in [0.717, 1.165) is 17.3 Å². The molecule has 0 spiro atoms. The van der Waals surface area contributed by atoms with E-state index in [9.17, 15) is 14.7 Å². The van der Waals surface area contributed by atoms with Crippen LogP contribution in [0.4, 0.5) is 0 Å². The van der Waals surface area contributed by atoms with E-state index in [1.165, 1.54) is 6.20 Å². The highest BCUT2D eigenvalue weighted by molar-refractivity contribution is 8.00. The van der Waals surface area contributed by atoms with E-state index in [-0.39, 0.29) is 5.56 Å². The van der Waals surface area contributed by atoms with Crippen LogP contribution in [0, 0.1) is 0 Å². The third-order valence-corrected chi connectivity index (χ3v) is 4.03. The lowest BCUT2D eigenvalue weighted by Gasteiger charge is -2.13. The molecule has 0 saturated carbocycles. The van der Waals surface area contributed by atoms with Crippen molar-refractivity contribution in [2.24, 2.45) is 5.73 Å². The van der Waals surface area contributed by atoms with Gasteiger partial charge in [0.25, 0.3) is 5.91 Å². The van der Waals surface area contributed by atoms with Gasteiger partial charge in [0, 0.05) is 6.20 Å². The third-order valence-electron chi connectivity index (χ3n) is 2.83. The molecule has 0 saturated heterocycles. The molecule has 21 heavy (non-hydrogen) atoms. The Hall–Kier alpha value is -2.34. The average molecular weight is 302 g/mol. The number of aromatic nitrogens is 1. The Morgan fingerprint density at radius 1 is 1.19 bits per heavy atom. The minimum atomic E-state index is -0.954. The zero-order valence-electron chi connectivity index (χ0n) is 11.1. The number of hydrogen-bond acceptors (Lipinski definition) is 4. The summed E-state index contributed by atoms with van der Waals surface area (Å²) >= 11 is 1.04. The quantitative estimate of drug-likeness (QED) is 0.796. The lowest BCUT2D eigenvalue weighted by molar-refractivity contribution is -0.136. The van der Waals surface area contributed by atoms with Crippen LogP contribution in [-0.2, 0) is 11.2 Å². The summed E-state index contributed by atoms with van der Waals surface area (Å²) in [5, 5.41) is 8.97. The Kier molecular flexibility index (Phi) is 4.94. The molecule has 6 heteroatoms. The number of thioether (sulfide) groups is 1. The maximum Gasteiger partial charge on any atom is 0.317 e. The van der Waals surface area contributed by atoms with Gasteiger partial charge in [0.05, 0.1) is 5.56 Å². The fourth-order valence-electron chi connectivity index (χ4n) is 1.81. The molecule has 2 aromatic rings. The van der Waals surface area contributed by atoms with Crippen LogP contribution in [0.25, 0.3) is 0 Å². The van der Waals surface area contributed by atoms with E-state index >= 15 is 0 Å². The van der Waals surface area contributed by atoms with Crippen molar-refractivity contribution >= 4 is 23.6 Å². The molecule has 0 aliphatic heterocycles. The minimum Gasteiger partial charge on any atom is -0.480 e. The number of nitrogens with two attached hydrogens (primary N) is 1. The van der Waals surface area contributed by atoms with E-state index in [4.69, 9.17) is 5.73 Å². The topological polar surface area (TPSA) is 93.3 Å². The number of carboxylic acid groups (broad SMARTS) is 1. The highest BCUT2D eigenvalue weighted by atomic mass is 32.2. The van der Waals surface area contributed by atoms with Crippen molar-refractivity contribution in [2.75, 3.05) is 0 Å². The predicted octanol–water partition coefficient (Wildman–Crippen LogP) is 1.97. The Balaban J connectivity index is 2.21. The van der Waals surface area contributed by atoms with Crippen molar-refractivity contribution in [1.29, 1.82) is 0 Å². The van der Waals surface area contributed by atoms with Crippen LogP contribution in [0.15, 0.2) is 53.7 Å². The summed E-state index contributed by atoms with van der Waals surface area (Å²) in [5.74, 6) is -1.57. The van der Waals surface area contributed by atoms with Crippen LogP contribution in [0.5, 0.6) is 0 Å². The second kappa shape index (κ2) is 6.90. The van der Waals surface area contributed by atoms with Gasteiger partial charge in [-0.3, -0.25) is 9.59 Å². The van der Waals surface area contributed by atoms with E-state index < -0.39 is 17.1 Å². The SMILES string of the molecule is NC(=O)c1cccnc1SC(Cc1ccccc1)C(=O)O. The van der Waals surface area contributed by atoms with Crippen molar-refractivity contribution in [1.82, 2.24) is 4.98 Å². The maximum absolute atomic E-state index is 11.4. The fourth-order valence-corrected chi connectivity index (χ4v) is 2.88. The second-order valence-electron chi connectivity index (χ2n) is 4.35. The lowest BCUT2D eigenvalue weighted by Crippen LogP contribution is -2.21. The smallest absolute Gasteiger partial charge is 0.317 e. The number of carbonyl (C=O) groups excluding carboxylic acids is 1. The minimum absolute atomic E-state index is 0.238. The number of rotatable bonds is 6. The van der Waals surface area contributed by atoms with Crippen LogP contribution in [0.3, 0.4) is 0 Å². The Morgan fingerprint density at radius 2 is 1.90 bits per heavy atom. The summed E-state index contributed by atoms with van der Waals surface area (Å²) in [4.78, 5) is 26.8. The zero-order valence-corrected chi connectivity index (χ0v) is 11.9. The van der Waals surface area contributed by atoms with E-state index in [1.54, 1.807) is 12.1 Å². The number of hydrogen-bond donors (Lipinski definition) is 2. The molecule has 0 fully saturated rings. The molecule has 1 aromatic carbocycles. The van der Waals surface area contributed by atoms with Crippen LogP contribution in [-0.4, -0.2) is 27.2 Å².